The van der Waals surface area contributed by atoms with Gasteiger partial charge in [0.25, 0.3) is 5.91 Å². The van der Waals surface area contributed by atoms with E-state index in [0.29, 0.717) is 17.6 Å². The maximum atomic E-state index is 12.4. The smallest absolute Gasteiger partial charge is 0.276 e. The van der Waals surface area contributed by atoms with Crippen molar-refractivity contribution in [2.45, 2.75) is 32.1 Å². The van der Waals surface area contributed by atoms with Crippen molar-refractivity contribution in [1.82, 2.24) is 25.1 Å². The molecule has 24 heavy (non-hydrogen) atoms. The minimum atomic E-state index is -0.257. The zero-order chi connectivity index (χ0) is 16.2. The van der Waals surface area contributed by atoms with Crippen LogP contribution in [0.3, 0.4) is 0 Å². The van der Waals surface area contributed by atoms with Crippen molar-refractivity contribution in [3.8, 4) is 0 Å². The van der Waals surface area contributed by atoms with E-state index >= 15 is 0 Å². The van der Waals surface area contributed by atoms with Crippen LogP contribution in [0.25, 0.3) is 0 Å². The van der Waals surface area contributed by atoms with Gasteiger partial charge >= 0.3 is 0 Å². The van der Waals surface area contributed by atoms with Crippen molar-refractivity contribution in [2.24, 2.45) is 7.05 Å². The molecule has 7 nitrogen and oxygen atoms in total. The molecule has 130 valence electrons. The van der Waals surface area contributed by atoms with Crippen molar-refractivity contribution < 1.29 is 4.79 Å². The van der Waals surface area contributed by atoms with Gasteiger partial charge in [-0.05, 0) is 50.0 Å². The van der Waals surface area contributed by atoms with Crippen molar-refractivity contribution >= 4 is 24.3 Å². The zero-order valence-corrected chi connectivity index (χ0v) is 14.8. The molecule has 3 rings (SSSR count). The highest BCUT2D eigenvalue weighted by Gasteiger charge is 2.21. The molecule has 1 aliphatic heterocycles. The van der Waals surface area contributed by atoms with Crippen LogP contribution in [0, 0.1) is 0 Å². The summed E-state index contributed by atoms with van der Waals surface area (Å²) in [4.78, 5) is 21.0. The number of halogens is 1. The minimum absolute atomic E-state index is 0. The van der Waals surface area contributed by atoms with Gasteiger partial charge in [-0.1, -0.05) is 6.92 Å². The van der Waals surface area contributed by atoms with Crippen LogP contribution < -0.4 is 10.6 Å². The predicted molar refractivity (Wildman–Crippen MR) is 94.7 cm³/mol. The number of nitrogens with zero attached hydrogens (tertiary/aromatic N) is 4. The lowest BCUT2D eigenvalue weighted by atomic mass is 9.98. The normalized spacial score (nSPS) is 14.9. The van der Waals surface area contributed by atoms with Crippen LogP contribution in [0.2, 0.25) is 0 Å². The quantitative estimate of drug-likeness (QED) is 0.879. The van der Waals surface area contributed by atoms with Gasteiger partial charge in [0.15, 0.2) is 5.82 Å². The average molecular weight is 351 g/mol. The van der Waals surface area contributed by atoms with E-state index in [-0.39, 0.29) is 18.3 Å². The molecular formula is C16H23ClN6O. The summed E-state index contributed by atoms with van der Waals surface area (Å²) in [5.74, 6) is 1.37. The zero-order valence-electron chi connectivity index (χ0n) is 14.0. The highest BCUT2D eigenvalue weighted by Crippen LogP contribution is 2.23. The third kappa shape index (κ3) is 4.10. The van der Waals surface area contributed by atoms with E-state index in [2.05, 4.69) is 25.7 Å². The first-order chi connectivity index (χ1) is 11.2. The standard InChI is InChI=1S/C16H22N6O.ClH/c1-3-11-4-9-18-13(10-11)15(23)20-16-19-14(21-22(16)2)12-5-7-17-8-6-12;/h4,9-10,12,17H,3,5-8H2,1-2H3,(H,19,20,21,23);1H. The number of carbonyl (C=O) groups is 1. The van der Waals surface area contributed by atoms with Crippen molar-refractivity contribution in [2.75, 3.05) is 18.4 Å². The van der Waals surface area contributed by atoms with Crippen molar-refractivity contribution in [3.05, 3.63) is 35.4 Å². The van der Waals surface area contributed by atoms with Crippen LogP contribution in [0.1, 0.15) is 47.6 Å². The van der Waals surface area contributed by atoms with Crippen LogP contribution in [0.5, 0.6) is 0 Å². The van der Waals surface area contributed by atoms with Crippen LogP contribution in [0.4, 0.5) is 5.95 Å². The maximum absolute atomic E-state index is 12.4. The van der Waals surface area contributed by atoms with E-state index in [1.165, 1.54) is 0 Å². The van der Waals surface area contributed by atoms with Gasteiger partial charge < -0.3 is 5.32 Å². The first-order valence-electron chi connectivity index (χ1n) is 8.05. The highest BCUT2D eigenvalue weighted by atomic mass is 35.5. The van der Waals surface area contributed by atoms with Crippen LogP contribution >= 0.6 is 12.4 Å². The Morgan fingerprint density at radius 1 is 1.42 bits per heavy atom. The van der Waals surface area contributed by atoms with Gasteiger partial charge in [-0.3, -0.25) is 15.1 Å². The summed E-state index contributed by atoms with van der Waals surface area (Å²) >= 11 is 0. The van der Waals surface area contributed by atoms with Crippen LogP contribution in [0.15, 0.2) is 18.3 Å². The second-order valence-corrected chi connectivity index (χ2v) is 5.80. The molecule has 0 radical (unpaired) electrons. The van der Waals surface area contributed by atoms with E-state index in [9.17, 15) is 4.79 Å². The second-order valence-electron chi connectivity index (χ2n) is 5.80. The van der Waals surface area contributed by atoms with Crippen LogP contribution in [-0.4, -0.2) is 38.7 Å². The summed E-state index contributed by atoms with van der Waals surface area (Å²) in [6.07, 6.45) is 4.58. The minimum Gasteiger partial charge on any atom is -0.317 e. The second kappa shape index (κ2) is 8.21. The predicted octanol–water partition coefficient (Wildman–Crippen LogP) is 1.91. The lowest BCUT2D eigenvalue weighted by Crippen LogP contribution is -2.27. The SMILES string of the molecule is CCc1ccnc(C(=O)Nc2nc(C3CCNCC3)nn2C)c1.Cl. The maximum Gasteiger partial charge on any atom is 0.276 e. The van der Waals surface area contributed by atoms with E-state index in [4.69, 9.17) is 0 Å². The van der Waals surface area contributed by atoms with E-state index in [0.717, 1.165) is 43.7 Å². The van der Waals surface area contributed by atoms with E-state index in [1.54, 1.807) is 24.0 Å². The number of hydrogen-bond donors (Lipinski definition) is 2. The molecule has 0 saturated carbocycles. The Morgan fingerprint density at radius 2 is 2.17 bits per heavy atom. The summed E-state index contributed by atoms with van der Waals surface area (Å²) in [6.45, 7) is 4.02. The third-order valence-corrected chi connectivity index (χ3v) is 4.17. The molecule has 0 aromatic carbocycles. The fourth-order valence-electron chi connectivity index (χ4n) is 2.75. The molecular weight excluding hydrogens is 328 g/mol. The number of pyridine rings is 1. The number of amides is 1. The fourth-order valence-corrected chi connectivity index (χ4v) is 2.75. The molecule has 0 atom stereocenters. The molecule has 1 amide bonds. The molecule has 1 fully saturated rings. The monoisotopic (exact) mass is 350 g/mol. The molecule has 0 spiro atoms. The average Bonchev–Trinajstić information content (AvgIpc) is 2.96. The molecule has 8 heteroatoms. The number of piperidine rings is 1. The van der Waals surface area contributed by atoms with Gasteiger partial charge in [0, 0.05) is 19.2 Å². The van der Waals surface area contributed by atoms with Gasteiger partial charge in [-0.25, -0.2) is 4.68 Å². The van der Waals surface area contributed by atoms with Gasteiger partial charge in [0.1, 0.15) is 5.69 Å². The molecule has 1 saturated heterocycles. The molecule has 2 aromatic rings. The van der Waals surface area contributed by atoms with E-state index in [1.807, 2.05) is 13.0 Å². The van der Waals surface area contributed by atoms with Gasteiger partial charge in [0.05, 0.1) is 0 Å². The van der Waals surface area contributed by atoms with Crippen molar-refractivity contribution in [3.63, 3.8) is 0 Å². The Kier molecular flexibility index (Phi) is 6.28. The topological polar surface area (TPSA) is 84.7 Å². The number of nitrogens with one attached hydrogen (secondary N) is 2. The molecule has 2 aromatic heterocycles. The highest BCUT2D eigenvalue weighted by molar-refractivity contribution is 6.01. The lowest BCUT2D eigenvalue weighted by molar-refractivity contribution is 0.102. The van der Waals surface area contributed by atoms with Crippen molar-refractivity contribution in [1.29, 1.82) is 0 Å². The molecule has 3 heterocycles. The largest absolute Gasteiger partial charge is 0.317 e. The number of aromatic nitrogens is 4. The molecule has 0 aliphatic carbocycles. The molecule has 0 unspecified atom stereocenters. The van der Waals surface area contributed by atoms with Gasteiger partial charge in [-0.15, -0.1) is 12.4 Å². The number of aryl methyl sites for hydroxylation is 2. The number of anilines is 1. The molecule has 2 N–H and O–H groups in total. The Hall–Kier alpha value is -1.99. The first kappa shape index (κ1) is 18.4. The lowest BCUT2D eigenvalue weighted by Gasteiger charge is -2.19. The number of carbonyl (C=O) groups excluding carboxylic acids is 1. The number of rotatable bonds is 4. The van der Waals surface area contributed by atoms with Gasteiger partial charge in [-0.2, -0.15) is 10.1 Å². The summed E-state index contributed by atoms with van der Waals surface area (Å²) in [5, 5.41) is 10.6. The van der Waals surface area contributed by atoms with Gasteiger partial charge in [0.2, 0.25) is 5.95 Å². The summed E-state index contributed by atoms with van der Waals surface area (Å²) in [7, 11) is 1.79. The summed E-state index contributed by atoms with van der Waals surface area (Å²) in [5.41, 5.74) is 1.48. The van der Waals surface area contributed by atoms with E-state index < -0.39 is 0 Å². The molecule has 1 aliphatic rings. The fraction of sp³-hybridized carbons (Fsp3) is 0.500. The Balaban J connectivity index is 0.00000208. The summed E-state index contributed by atoms with van der Waals surface area (Å²) in [6, 6.07) is 3.72. The molecule has 0 bridgehead atoms. The third-order valence-electron chi connectivity index (χ3n) is 4.17. The summed E-state index contributed by atoms with van der Waals surface area (Å²) < 4.78 is 1.62. The Labute approximate surface area is 147 Å². The number of hydrogen-bond acceptors (Lipinski definition) is 5. The van der Waals surface area contributed by atoms with Crippen LogP contribution in [-0.2, 0) is 13.5 Å². The Morgan fingerprint density at radius 3 is 2.88 bits per heavy atom. The first-order valence-corrected chi connectivity index (χ1v) is 8.05. The Bertz CT molecular complexity index is 696.